The second-order valence-electron chi connectivity index (χ2n) is 6.95. The third kappa shape index (κ3) is 5.97. The van der Waals surface area contributed by atoms with Crippen LogP contribution in [0.1, 0.15) is 55.9 Å². The van der Waals surface area contributed by atoms with E-state index in [1.165, 1.54) is 12.8 Å². The molecule has 0 amide bonds. The van der Waals surface area contributed by atoms with Crippen LogP contribution in [0.25, 0.3) is 0 Å². The van der Waals surface area contributed by atoms with E-state index in [0.29, 0.717) is 12.5 Å². The normalized spacial score (nSPS) is 16.4. The van der Waals surface area contributed by atoms with Gasteiger partial charge in [-0.15, -0.1) is 24.0 Å². The monoisotopic (exact) mass is 487 g/mol. The van der Waals surface area contributed by atoms with Gasteiger partial charge in [-0.25, -0.2) is 0 Å². The molecule has 0 aromatic carbocycles. The van der Waals surface area contributed by atoms with Crippen LogP contribution in [0, 0.1) is 0 Å². The van der Waals surface area contributed by atoms with Gasteiger partial charge in [0.15, 0.2) is 11.7 Å². The number of hydrogen-bond donors (Lipinski definition) is 2. The summed E-state index contributed by atoms with van der Waals surface area (Å²) in [5.74, 6) is 2.90. The molecule has 0 saturated carbocycles. The fraction of sp³-hybridized carbons (Fsp3) is 0.579. The van der Waals surface area contributed by atoms with Gasteiger partial charge in [0, 0.05) is 19.7 Å². The molecule has 2 aromatic heterocycles. The van der Waals surface area contributed by atoms with Crippen LogP contribution in [0.15, 0.2) is 38.4 Å². The Morgan fingerprint density at radius 1 is 1.30 bits per heavy atom. The Morgan fingerprint density at radius 2 is 2.07 bits per heavy atom. The lowest BCUT2D eigenvalue weighted by atomic mass is 10.1. The third-order valence-electron chi connectivity index (χ3n) is 4.74. The van der Waals surface area contributed by atoms with Crippen LogP contribution in [0.3, 0.4) is 0 Å². The number of aliphatic imine (C=N–C) groups is 1. The van der Waals surface area contributed by atoms with Crippen LogP contribution in [0.4, 0.5) is 0 Å². The number of nitrogens with zero attached hydrogens (tertiary/aromatic N) is 3. The molecule has 1 atom stereocenters. The molecule has 0 bridgehead atoms. The molecular weight excluding hydrogens is 457 g/mol. The quantitative estimate of drug-likeness (QED) is 0.354. The Bertz CT molecular complexity index is 693. The molecule has 3 rings (SSSR count). The number of hydrogen-bond acceptors (Lipinski definition) is 5. The van der Waals surface area contributed by atoms with Crippen LogP contribution in [-0.2, 0) is 6.54 Å². The van der Waals surface area contributed by atoms with E-state index in [2.05, 4.69) is 39.5 Å². The second-order valence-corrected chi connectivity index (χ2v) is 6.95. The van der Waals surface area contributed by atoms with Crippen molar-refractivity contribution in [3.8, 4) is 0 Å². The van der Waals surface area contributed by atoms with E-state index in [1.807, 2.05) is 18.2 Å². The first-order valence-corrected chi connectivity index (χ1v) is 9.35. The highest BCUT2D eigenvalue weighted by Crippen LogP contribution is 2.24. The minimum absolute atomic E-state index is 0. The Labute approximate surface area is 178 Å². The lowest BCUT2D eigenvalue weighted by Gasteiger charge is -2.26. The molecule has 0 aliphatic carbocycles. The number of rotatable bonds is 7. The summed E-state index contributed by atoms with van der Waals surface area (Å²) in [4.78, 5) is 6.77. The molecule has 1 aliphatic rings. The maximum atomic E-state index is 5.66. The molecule has 2 aromatic rings. The van der Waals surface area contributed by atoms with Crippen molar-refractivity contribution in [2.75, 3.05) is 26.7 Å². The van der Waals surface area contributed by atoms with Crippen molar-refractivity contribution < 1.29 is 8.94 Å². The molecule has 0 radical (unpaired) electrons. The van der Waals surface area contributed by atoms with Crippen LogP contribution in [-0.4, -0.2) is 42.7 Å². The van der Waals surface area contributed by atoms with E-state index in [9.17, 15) is 0 Å². The highest BCUT2D eigenvalue weighted by Gasteiger charge is 2.25. The van der Waals surface area contributed by atoms with Crippen molar-refractivity contribution >= 4 is 29.9 Å². The van der Waals surface area contributed by atoms with Gasteiger partial charge >= 0.3 is 0 Å². The second kappa shape index (κ2) is 10.7. The molecule has 0 spiro atoms. The standard InChI is InChI=1S/C19H29N5O2.HI/c1-14(2)16-11-15(26-23-16)12-21-19(20-3)22-13-17(18-7-6-10-25-18)24-8-4-5-9-24;/h6-7,10-11,14,17H,4-5,8-9,12-13H2,1-3H3,(H2,20,21,22);1H. The van der Waals surface area contributed by atoms with Gasteiger partial charge in [-0.2, -0.15) is 0 Å². The number of furan rings is 1. The number of guanidine groups is 1. The van der Waals surface area contributed by atoms with Gasteiger partial charge in [0.05, 0.1) is 24.5 Å². The smallest absolute Gasteiger partial charge is 0.191 e. The minimum Gasteiger partial charge on any atom is -0.468 e. The first-order valence-electron chi connectivity index (χ1n) is 9.35. The zero-order chi connectivity index (χ0) is 18.4. The maximum absolute atomic E-state index is 5.66. The first kappa shape index (κ1) is 21.7. The van der Waals surface area contributed by atoms with Crippen LogP contribution < -0.4 is 10.6 Å². The maximum Gasteiger partial charge on any atom is 0.191 e. The highest BCUT2D eigenvalue weighted by atomic mass is 127. The van der Waals surface area contributed by atoms with Gasteiger partial charge in [0.25, 0.3) is 0 Å². The largest absolute Gasteiger partial charge is 0.468 e. The molecule has 150 valence electrons. The van der Waals surface area contributed by atoms with Gasteiger partial charge < -0.3 is 19.6 Å². The van der Waals surface area contributed by atoms with Gasteiger partial charge in [-0.1, -0.05) is 19.0 Å². The van der Waals surface area contributed by atoms with Crippen molar-refractivity contribution in [3.05, 3.63) is 41.7 Å². The molecule has 27 heavy (non-hydrogen) atoms. The molecule has 2 N–H and O–H groups in total. The van der Waals surface area contributed by atoms with E-state index in [0.717, 1.165) is 42.8 Å². The van der Waals surface area contributed by atoms with E-state index in [1.54, 1.807) is 13.3 Å². The molecule has 1 saturated heterocycles. The summed E-state index contributed by atoms with van der Waals surface area (Å²) in [5.41, 5.74) is 0.969. The average molecular weight is 487 g/mol. The summed E-state index contributed by atoms with van der Waals surface area (Å²) in [6.45, 7) is 7.70. The van der Waals surface area contributed by atoms with Crippen molar-refractivity contribution in [3.63, 3.8) is 0 Å². The highest BCUT2D eigenvalue weighted by molar-refractivity contribution is 14.0. The summed E-state index contributed by atoms with van der Waals surface area (Å²) in [7, 11) is 1.77. The van der Waals surface area contributed by atoms with E-state index in [4.69, 9.17) is 8.94 Å². The molecule has 1 unspecified atom stereocenters. The van der Waals surface area contributed by atoms with Gasteiger partial charge in [-0.05, 0) is 44.0 Å². The Hall–Kier alpha value is -1.55. The van der Waals surface area contributed by atoms with Gasteiger partial charge in [-0.3, -0.25) is 9.89 Å². The van der Waals surface area contributed by atoms with Crippen molar-refractivity contribution in [1.29, 1.82) is 0 Å². The molecule has 3 heterocycles. The van der Waals surface area contributed by atoms with Crippen molar-refractivity contribution in [2.24, 2.45) is 4.99 Å². The summed E-state index contributed by atoms with van der Waals surface area (Å²) in [6.07, 6.45) is 4.23. The van der Waals surface area contributed by atoms with Gasteiger partial charge in [0.1, 0.15) is 5.76 Å². The fourth-order valence-corrected chi connectivity index (χ4v) is 3.21. The summed E-state index contributed by atoms with van der Waals surface area (Å²) in [6, 6.07) is 6.19. The fourth-order valence-electron chi connectivity index (χ4n) is 3.21. The minimum atomic E-state index is 0. The third-order valence-corrected chi connectivity index (χ3v) is 4.74. The average Bonchev–Trinajstić information content (AvgIpc) is 3.40. The van der Waals surface area contributed by atoms with Gasteiger partial charge in [0.2, 0.25) is 0 Å². The number of halogens is 1. The van der Waals surface area contributed by atoms with E-state index in [-0.39, 0.29) is 30.0 Å². The van der Waals surface area contributed by atoms with E-state index < -0.39 is 0 Å². The Balaban J connectivity index is 0.00000261. The van der Waals surface area contributed by atoms with Crippen molar-refractivity contribution in [1.82, 2.24) is 20.7 Å². The molecular formula is C19H30IN5O2. The predicted octanol–water partition coefficient (Wildman–Crippen LogP) is 3.51. The van der Waals surface area contributed by atoms with Crippen LogP contribution >= 0.6 is 24.0 Å². The summed E-state index contributed by atoms with van der Waals surface area (Å²) in [5, 5.41) is 10.8. The number of aromatic nitrogens is 1. The number of nitrogens with one attached hydrogen (secondary N) is 2. The molecule has 1 aliphatic heterocycles. The summed E-state index contributed by atoms with van der Waals surface area (Å²) >= 11 is 0. The topological polar surface area (TPSA) is 78.8 Å². The zero-order valence-corrected chi connectivity index (χ0v) is 18.6. The lowest BCUT2D eigenvalue weighted by molar-refractivity contribution is 0.215. The van der Waals surface area contributed by atoms with Crippen LogP contribution in [0.2, 0.25) is 0 Å². The Morgan fingerprint density at radius 3 is 2.67 bits per heavy atom. The molecule has 7 nitrogen and oxygen atoms in total. The predicted molar refractivity (Wildman–Crippen MR) is 116 cm³/mol. The van der Waals surface area contributed by atoms with Crippen LogP contribution in [0.5, 0.6) is 0 Å². The Kier molecular flexibility index (Phi) is 8.62. The number of likely N-dealkylation sites (tertiary alicyclic amines) is 1. The molecule has 8 heteroatoms. The zero-order valence-electron chi connectivity index (χ0n) is 16.3. The summed E-state index contributed by atoms with van der Waals surface area (Å²) < 4.78 is 11.0. The van der Waals surface area contributed by atoms with E-state index >= 15 is 0 Å². The first-order chi connectivity index (χ1) is 12.7. The lowest BCUT2D eigenvalue weighted by Crippen LogP contribution is -2.42. The van der Waals surface area contributed by atoms with Crippen molar-refractivity contribution in [2.45, 2.75) is 45.2 Å². The molecule has 1 fully saturated rings. The SMILES string of the molecule is CN=C(NCc1cc(C(C)C)no1)NCC(c1ccco1)N1CCCC1.I.